The second-order valence-electron chi connectivity index (χ2n) is 5.58. The number of benzene rings is 1. The summed E-state index contributed by atoms with van der Waals surface area (Å²) < 4.78 is 5.01. The lowest BCUT2D eigenvalue weighted by atomic mass is 9.84. The van der Waals surface area contributed by atoms with Crippen molar-refractivity contribution in [2.75, 3.05) is 6.61 Å². The van der Waals surface area contributed by atoms with Crippen molar-refractivity contribution in [1.29, 1.82) is 0 Å². The minimum atomic E-state index is -0.0581. The Hall–Kier alpha value is -1.77. The maximum Gasteiger partial charge on any atom is 0.305 e. The second kappa shape index (κ2) is 5.70. The van der Waals surface area contributed by atoms with E-state index in [1.165, 1.54) is 28.6 Å². The van der Waals surface area contributed by atoms with Gasteiger partial charge in [0.25, 0.3) is 0 Å². The number of hydrogen-bond donors (Lipinski definition) is 1. The van der Waals surface area contributed by atoms with Gasteiger partial charge in [0, 0.05) is 23.0 Å². The maximum atomic E-state index is 11.5. The van der Waals surface area contributed by atoms with Gasteiger partial charge >= 0.3 is 5.97 Å². The number of H-pyrrole nitrogens is 1. The Morgan fingerprint density at radius 1 is 1.40 bits per heavy atom. The molecule has 0 saturated heterocycles. The number of aromatic amines is 1. The molecule has 20 heavy (non-hydrogen) atoms. The summed E-state index contributed by atoms with van der Waals surface area (Å²) in [6.45, 7) is 2.34. The molecule has 0 bridgehead atoms. The number of ether oxygens (including phenoxy) is 1. The summed E-state index contributed by atoms with van der Waals surface area (Å²) >= 11 is 0. The Labute approximate surface area is 119 Å². The van der Waals surface area contributed by atoms with E-state index in [1.54, 1.807) is 0 Å². The first kappa shape index (κ1) is 13.2. The summed E-state index contributed by atoms with van der Waals surface area (Å²) in [7, 11) is 0. The van der Waals surface area contributed by atoms with Crippen molar-refractivity contribution in [3.8, 4) is 0 Å². The van der Waals surface area contributed by atoms with Crippen LogP contribution in [0.4, 0.5) is 0 Å². The first-order valence-electron chi connectivity index (χ1n) is 7.52. The quantitative estimate of drug-likeness (QED) is 0.863. The minimum absolute atomic E-state index is 0.0581. The van der Waals surface area contributed by atoms with Gasteiger partial charge in [-0.2, -0.15) is 0 Å². The van der Waals surface area contributed by atoms with Crippen molar-refractivity contribution < 1.29 is 9.53 Å². The van der Waals surface area contributed by atoms with Crippen molar-refractivity contribution in [2.24, 2.45) is 5.92 Å². The number of nitrogens with one attached hydrogen (secondary N) is 1. The number of carbonyl (C=O) groups is 1. The van der Waals surface area contributed by atoms with Gasteiger partial charge in [-0.15, -0.1) is 0 Å². The van der Waals surface area contributed by atoms with Crippen LogP contribution in [0.15, 0.2) is 24.3 Å². The molecule has 1 N–H and O–H groups in total. The van der Waals surface area contributed by atoms with E-state index < -0.39 is 0 Å². The fourth-order valence-corrected chi connectivity index (χ4v) is 3.24. The van der Waals surface area contributed by atoms with E-state index in [1.807, 2.05) is 6.92 Å². The third kappa shape index (κ3) is 2.58. The van der Waals surface area contributed by atoms with E-state index in [0.717, 1.165) is 19.3 Å². The molecule has 0 unspecified atom stereocenters. The molecule has 0 amide bonds. The fraction of sp³-hybridized carbons (Fsp3) is 0.471. The molecule has 0 aliphatic heterocycles. The van der Waals surface area contributed by atoms with Crippen molar-refractivity contribution in [2.45, 2.75) is 39.0 Å². The molecule has 1 aromatic carbocycles. The second-order valence-corrected chi connectivity index (χ2v) is 5.58. The Balaban J connectivity index is 1.70. The summed E-state index contributed by atoms with van der Waals surface area (Å²) in [5.74, 6) is 0.545. The summed E-state index contributed by atoms with van der Waals surface area (Å²) in [5, 5.41) is 1.35. The van der Waals surface area contributed by atoms with Gasteiger partial charge in [0.2, 0.25) is 0 Å². The van der Waals surface area contributed by atoms with Crippen LogP contribution in [0.2, 0.25) is 0 Å². The zero-order valence-corrected chi connectivity index (χ0v) is 11.9. The standard InChI is InChI=1S/C17H21NO2/c1-2-20-17(19)10-8-12-7-9-16-14(11-12)13-5-3-4-6-15(13)18-16/h3-6,12,18H,2,7-11H2,1H3/t12-/m1/s1. The number of aryl methyl sites for hydroxylation is 1. The predicted molar refractivity (Wildman–Crippen MR) is 79.7 cm³/mol. The van der Waals surface area contributed by atoms with Crippen LogP contribution in [0, 0.1) is 5.92 Å². The zero-order chi connectivity index (χ0) is 13.9. The molecule has 1 aliphatic rings. The summed E-state index contributed by atoms with van der Waals surface area (Å²) in [5.41, 5.74) is 4.09. The number of rotatable bonds is 4. The van der Waals surface area contributed by atoms with E-state index in [4.69, 9.17) is 4.74 Å². The Bertz CT molecular complexity index is 614. The molecule has 0 fully saturated rings. The lowest BCUT2D eigenvalue weighted by Gasteiger charge is -2.22. The van der Waals surface area contributed by atoms with Crippen LogP contribution in [-0.4, -0.2) is 17.6 Å². The SMILES string of the molecule is CCOC(=O)CC[C@H]1CCc2[nH]c3ccccc3c2C1. The molecular weight excluding hydrogens is 250 g/mol. The highest BCUT2D eigenvalue weighted by molar-refractivity contribution is 5.84. The molecule has 1 heterocycles. The third-order valence-corrected chi connectivity index (χ3v) is 4.26. The summed E-state index contributed by atoms with van der Waals surface area (Å²) in [6.07, 6.45) is 4.84. The Morgan fingerprint density at radius 3 is 3.10 bits per heavy atom. The van der Waals surface area contributed by atoms with Gasteiger partial charge in [-0.25, -0.2) is 0 Å². The number of hydrogen-bond acceptors (Lipinski definition) is 2. The smallest absolute Gasteiger partial charge is 0.305 e. The van der Waals surface area contributed by atoms with Crippen LogP contribution in [0.3, 0.4) is 0 Å². The van der Waals surface area contributed by atoms with Crippen LogP contribution >= 0.6 is 0 Å². The van der Waals surface area contributed by atoms with Crippen LogP contribution in [0.25, 0.3) is 10.9 Å². The van der Waals surface area contributed by atoms with Crippen LogP contribution in [-0.2, 0) is 22.4 Å². The van der Waals surface area contributed by atoms with E-state index in [-0.39, 0.29) is 5.97 Å². The first-order valence-corrected chi connectivity index (χ1v) is 7.52. The fourth-order valence-electron chi connectivity index (χ4n) is 3.24. The average Bonchev–Trinajstić information content (AvgIpc) is 2.83. The van der Waals surface area contributed by atoms with Crippen molar-refractivity contribution in [3.63, 3.8) is 0 Å². The lowest BCUT2D eigenvalue weighted by Crippen LogP contribution is -2.15. The highest BCUT2D eigenvalue weighted by atomic mass is 16.5. The highest BCUT2D eigenvalue weighted by Gasteiger charge is 2.22. The van der Waals surface area contributed by atoms with Gasteiger partial charge in [0.1, 0.15) is 0 Å². The molecule has 3 nitrogen and oxygen atoms in total. The van der Waals surface area contributed by atoms with Gasteiger partial charge in [-0.05, 0) is 50.2 Å². The first-order chi connectivity index (χ1) is 9.78. The zero-order valence-electron chi connectivity index (χ0n) is 11.9. The molecule has 1 aromatic heterocycles. The maximum absolute atomic E-state index is 11.5. The Kier molecular flexibility index (Phi) is 3.77. The van der Waals surface area contributed by atoms with Crippen molar-refractivity contribution in [1.82, 2.24) is 4.98 Å². The normalized spacial score (nSPS) is 17.9. The molecule has 3 heteroatoms. The molecule has 2 aromatic rings. The largest absolute Gasteiger partial charge is 0.466 e. The Morgan fingerprint density at radius 2 is 2.25 bits per heavy atom. The summed E-state index contributed by atoms with van der Waals surface area (Å²) in [6, 6.07) is 8.50. The topological polar surface area (TPSA) is 42.1 Å². The van der Waals surface area contributed by atoms with Gasteiger partial charge in [0.05, 0.1) is 6.61 Å². The lowest BCUT2D eigenvalue weighted by molar-refractivity contribution is -0.143. The number of carbonyl (C=O) groups excluding carboxylic acids is 1. The monoisotopic (exact) mass is 271 g/mol. The molecule has 1 aliphatic carbocycles. The van der Waals surface area contributed by atoms with Gasteiger partial charge < -0.3 is 9.72 Å². The van der Waals surface area contributed by atoms with Gasteiger partial charge in [-0.3, -0.25) is 4.79 Å². The number of para-hydroxylation sites is 1. The van der Waals surface area contributed by atoms with Crippen LogP contribution < -0.4 is 0 Å². The predicted octanol–water partition coefficient (Wildman–Crippen LogP) is 3.62. The molecule has 0 spiro atoms. The van der Waals surface area contributed by atoms with Crippen LogP contribution in [0.1, 0.15) is 37.4 Å². The molecule has 106 valence electrons. The van der Waals surface area contributed by atoms with E-state index in [2.05, 4.69) is 29.2 Å². The van der Waals surface area contributed by atoms with Crippen LogP contribution in [0.5, 0.6) is 0 Å². The summed E-state index contributed by atoms with van der Waals surface area (Å²) in [4.78, 5) is 15.0. The number of esters is 1. The van der Waals surface area contributed by atoms with E-state index in [9.17, 15) is 4.79 Å². The van der Waals surface area contributed by atoms with Gasteiger partial charge in [-0.1, -0.05) is 18.2 Å². The minimum Gasteiger partial charge on any atom is -0.466 e. The van der Waals surface area contributed by atoms with Crippen molar-refractivity contribution >= 4 is 16.9 Å². The third-order valence-electron chi connectivity index (χ3n) is 4.26. The van der Waals surface area contributed by atoms with Gasteiger partial charge in [0.15, 0.2) is 0 Å². The van der Waals surface area contributed by atoms with E-state index >= 15 is 0 Å². The molecular formula is C17H21NO2. The molecule has 3 rings (SSSR count). The molecule has 0 saturated carbocycles. The molecule has 0 radical (unpaired) electrons. The highest BCUT2D eigenvalue weighted by Crippen LogP contribution is 2.33. The average molecular weight is 271 g/mol. The molecule has 1 atom stereocenters. The number of fused-ring (bicyclic) bond motifs is 3. The van der Waals surface area contributed by atoms with E-state index in [0.29, 0.717) is 18.9 Å². The van der Waals surface area contributed by atoms with Crippen molar-refractivity contribution in [3.05, 3.63) is 35.5 Å². The number of aromatic nitrogens is 1.